The highest BCUT2D eigenvalue weighted by Gasteiger charge is 2.73. The Morgan fingerprint density at radius 3 is 2.91 bits per heavy atom. The molecule has 3 heterocycles. The van der Waals surface area contributed by atoms with Gasteiger partial charge in [-0.2, -0.15) is 0 Å². The maximum Gasteiger partial charge on any atom is 0.331 e. The number of aliphatic hydroxyl groups is 1. The highest BCUT2D eigenvalue weighted by Crippen LogP contribution is 2.65. The Hall–Kier alpha value is -2.77. The third-order valence-electron chi connectivity index (χ3n) is 8.93. The number of benzene rings is 1. The molecule has 2 N–H and O–H groups in total. The molecule has 2 aliphatic heterocycles. The number of furan rings is 1. The lowest BCUT2D eigenvalue weighted by Crippen LogP contribution is -2.77. The van der Waals surface area contributed by atoms with Crippen molar-refractivity contribution < 1.29 is 28.9 Å². The third kappa shape index (κ3) is 2.74. The van der Waals surface area contributed by atoms with Crippen molar-refractivity contribution in [2.75, 3.05) is 13.1 Å². The van der Waals surface area contributed by atoms with Crippen LogP contribution in [0.4, 0.5) is 0 Å². The molecule has 1 saturated heterocycles. The average Bonchev–Trinajstić information content (AvgIpc) is 3.33. The van der Waals surface area contributed by atoms with Crippen LogP contribution in [0.25, 0.3) is 6.08 Å². The van der Waals surface area contributed by atoms with E-state index in [1.165, 1.54) is 18.9 Å². The highest BCUT2D eigenvalue weighted by molar-refractivity contribution is 5.87. The molecule has 0 amide bonds. The van der Waals surface area contributed by atoms with E-state index >= 15 is 0 Å². The molecule has 2 aromatic rings. The number of phenols is 1. The second-order valence-corrected chi connectivity index (χ2v) is 10.7. The van der Waals surface area contributed by atoms with Crippen LogP contribution >= 0.6 is 0 Å². The molecular formula is C27H29NO6. The smallest absolute Gasteiger partial charge is 0.331 e. The van der Waals surface area contributed by atoms with Crippen LogP contribution in [0.3, 0.4) is 0 Å². The molecule has 2 saturated carbocycles. The zero-order valence-corrected chi connectivity index (χ0v) is 19.0. The van der Waals surface area contributed by atoms with Crippen molar-refractivity contribution in [3.63, 3.8) is 0 Å². The number of carbonyl (C=O) groups is 1. The fourth-order valence-electron chi connectivity index (χ4n) is 7.28. The van der Waals surface area contributed by atoms with Gasteiger partial charge in [-0.1, -0.05) is 6.07 Å². The van der Waals surface area contributed by atoms with Gasteiger partial charge in [0.05, 0.1) is 23.5 Å². The molecule has 1 unspecified atom stereocenters. The summed E-state index contributed by atoms with van der Waals surface area (Å²) in [4.78, 5) is 15.2. The summed E-state index contributed by atoms with van der Waals surface area (Å²) >= 11 is 0. The number of hydrogen-bond donors (Lipinski definition) is 2. The Bertz CT molecular complexity index is 1170. The molecule has 7 heteroatoms. The van der Waals surface area contributed by atoms with E-state index in [1.807, 2.05) is 6.07 Å². The van der Waals surface area contributed by atoms with Crippen molar-refractivity contribution in [3.8, 4) is 11.5 Å². The quantitative estimate of drug-likeness (QED) is 0.520. The van der Waals surface area contributed by atoms with Gasteiger partial charge in [0.2, 0.25) is 0 Å². The van der Waals surface area contributed by atoms with Gasteiger partial charge in [0.25, 0.3) is 0 Å². The molecule has 7 rings (SSSR count). The van der Waals surface area contributed by atoms with Crippen LogP contribution in [0.15, 0.2) is 41.2 Å². The molecule has 0 radical (unpaired) electrons. The number of rotatable bonds is 5. The van der Waals surface area contributed by atoms with E-state index in [0.717, 1.165) is 48.5 Å². The number of aromatic hydroxyl groups is 1. The normalized spacial score (nSPS) is 35.7. The third-order valence-corrected chi connectivity index (χ3v) is 8.93. The SMILES string of the molecule is O=C(/C=C/c1ccoc1)OC1CC[C@@]2(O)[C@H]3Cc4ccc(O)c5c4[C@@]2(CCN3CC2CC2)[C@H]1O5. The van der Waals surface area contributed by atoms with Crippen molar-refractivity contribution >= 4 is 12.0 Å². The molecule has 1 aromatic carbocycles. The maximum atomic E-state index is 12.7. The highest BCUT2D eigenvalue weighted by atomic mass is 16.6. The minimum Gasteiger partial charge on any atom is -0.504 e. The van der Waals surface area contributed by atoms with Gasteiger partial charge in [-0.25, -0.2) is 4.79 Å². The van der Waals surface area contributed by atoms with Gasteiger partial charge in [-0.15, -0.1) is 0 Å². The predicted octanol–water partition coefficient (Wildman–Crippen LogP) is 3.17. The first-order chi connectivity index (χ1) is 16.5. The molecule has 5 aliphatic rings. The Morgan fingerprint density at radius 2 is 2.12 bits per heavy atom. The van der Waals surface area contributed by atoms with E-state index < -0.39 is 29.2 Å². The number of carbonyl (C=O) groups excluding carboxylic acids is 1. The number of phenolic OH excluding ortho intramolecular Hbond substituents is 1. The van der Waals surface area contributed by atoms with Crippen LogP contribution in [0.2, 0.25) is 0 Å². The molecule has 3 fully saturated rings. The molecule has 178 valence electrons. The van der Waals surface area contributed by atoms with Gasteiger partial charge in [0, 0.05) is 29.8 Å². The Kier molecular flexibility index (Phi) is 4.31. The first-order valence-corrected chi connectivity index (χ1v) is 12.4. The van der Waals surface area contributed by atoms with Crippen LogP contribution in [-0.4, -0.2) is 58.0 Å². The van der Waals surface area contributed by atoms with E-state index in [2.05, 4.69) is 4.90 Å². The molecule has 3 aliphatic carbocycles. The molecule has 2 bridgehead atoms. The lowest BCUT2D eigenvalue weighted by Gasteiger charge is -2.63. The van der Waals surface area contributed by atoms with Gasteiger partial charge < -0.3 is 24.1 Å². The maximum absolute atomic E-state index is 12.7. The summed E-state index contributed by atoms with van der Waals surface area (Å²) in [7, 11) is 0. The van der Waals surface area contributed by atoms with Gasteiger partial charge in [-0.3, -0.25) is 4.90 Å². The Morgan fingerprint density at radius 1 is 1.24 bits per heavy atom. The van der Waals surface area contributed by atoms with Crippen LogP contribution in [0.1, 0.15) is 48.8 Å². The van der Waals surface area contributed by atoms with Crippen LogP contribution in [0, 0.1) is 5.92 Å². The summed E-state index contributed by atoms with van der Waals surface area (Å²) in [6, 6.07) is 5.45. The first kappa shape index (κ1) is 20.6. The average molecular weight is 464 g/mol. The lowest BCUT2D eigenvalue weighted by molar-refractivity contribution is -0.214. The van der Waals surface area contributed by atoms with Gasteiger partial charge >= 0.3 is 5.97 Å². The molecule has 34 heavy (non-hydrogen) atoms. The Labute approximate surface area is 198 Å². The zero-order valence-electron chi connectivity index (χ0n) is 19.0. The summed E-state index contributed by atoms with van der Waals surface area (Å²) in [5.74, 6) is 0.848. The number of likely N-dealkylation sites (tertiary alicyclic amines) is 1. The second kappa shape index (κ2) is 7.12. The number of piperidine rings is 1. The van der Waals surface area contributed by atoms with Crippen molar-refractivity contribution in [1.29, 1.82) is 0 Å². The molecular weight excluding hydrogens is 434 g/mol. The topological polar surface area (TPSA) is 92.4 Å². The predicted molar refractivity (Wildman–Crippen MR) is 122 cm³/mol. The zero-order chi connectivity index (χ0) is 23.1. The number of ether oxygens (including phenoxy) is 2. The molecule has 1 aromatic heterocycles. The summed E-state index contributed by atoms with van der Waals surface area (Å²) in [6.07, 6.45) is 10.2. The number of hydrogen-bond acceptors (Lipinski definition) is 7. The van der Waals surface area contributed by atoms with E-state index in [-0.39, 0.29) is 11.8 Å². The Balaban J connectivity index is 1.25. The van der Waals surface area contributed by atoms with Crippen molar-refractivity contribution in [3.05, 3.63) is 53.5 Å². The fraction of sp³-hybridized carbons (Fsp3) is 0.519. The summed E-state index contributed by atoms with van der Waals surface area (Å²) in [5.41, 5.74) is 1.20. The number of esters is 1. The van der Waals surface area contributed by atoms with Crippen molar-refractivity contribution in [1.82, 2.24) is 4.90 Å². The monoisotopic (exact) mass is 463 g/mol. The van der Waals surface area contributed by atoms with E-state index in [9.17, 15) is 15.0 Å². The van der Waals surface area contributed by atoms with E-state index in [1.54, 1.807) is 30.7 Å². The minimum atomic E-state index is -0.980. The second-order valence-electron chi connectivity index (χ2n) is 10.7. The van der Waals surface area contributed by atoms with Crippen LogP contribution in [0.5, 0.6) is 11.5 Å². The van der Waals surface area contributed by atoms with Crippen LogP contribution < -0.4 is 4.74 Å². The summed E-state index contributed by atoms with van der Waals surface area (Å²) in [5, 5.41) is 23.1. The van der Waals surface area contributed by atoms with Crippen molar-refractivity contribution in [2.24, 2.45) is 5.92 Å². The largest absolute Gasteiger partial charge is 0.504 e. The van der Waals surface area contributed by atoms with Gasteiger partial charge in [0.1, 0.15) is 12.2 Å². The van der Waals surface area contributed by atoms with Crippen molar-refractivity contribution in [2.45, 2.75) is 67.8 Å². The molecule has 5 atom stereocenters. The van der Waals surface area contributed by atoms with Crippen LogP contribution in [-0.2, 0) is 21.4 Å². The van der Waals surface area contributed by atoms with E-state index in [4.69, 9.17) is 13.9 Å². The summed E-state index contributed by atoms with van der Waals surface area (Å²) in [6.45, 7) is 1.91. The summed E-state index contributed by atoms with van der Waals surface area (Å²) < 4.78 is 17.4. The van der Waals surface area contributed by atoms with Gasteiger partial charge in [0.15, 0.2) is 11.5 Å². The molecule has 7 nitrogen and oxygen atoms in total. The molecule has 1 spiro atoms. The standard InChI is InChI=1S/C27H29NO6/c29-19-5-4-18-13-21-27(31)9-7-20(33-22(30)6-3-17-8-12-32-15-17)25-26(27,23(18)24(19)34-25)10-11-28(21)14-16-1-2-16/h3-6,8,12,15-16,20-21,25,29,31H,1-2,7,9-11,13-14H2/b6-3+/t20?,21-,25+,26+,27-/m1/s1. The lowest BCUT2D eigenvalue weighted by atomic mass is 9.48. The first-order valence-electron chi connectivity index (χ1n) is 12.4. The van der Waals surface area contributed by atoms with Gasteiger partial charge in [-0.05, 0) is 74.8 Å². The van der Waals surface area contributed by atoms with E-state index in [0.29, 0.717) is 18.6 Å². The minimum absolute atomic E-state index is 0.00795. The number of nitrogens with zero attached hydrogens (tertiary/aromatic N) is 1. The fourth-order valence-corrected chi connectivity index (χ4v) is 7.28.